The lowest BCUT2D eigenvalue weighted by atomic mass is 10.1. The quantitative estimate of drug-likeness (QED) is 0.744. The van der Waals surface area contributed by atoms with E-state index >= 15 is 0 Å². The van der Waals surface area contributed by atoms with Crippen molar-refractivity contribution in [1.82, 2.24) is 9.80 Å². The van der Waals surface area contributed by atoms with Gasteiger partial charge >= 0.3 is 6.09 Å². The van der Waals surface area contributed by atoms with E-state index in [1.54, 1.807) is 29.0 Å². The van der Waals surface area contributed by atoms with Gasteiger partial charge in [0.05, 0.1) is 12.7 Å². The van der Waals surface area contributed by atoms with Gasteiger partial charge in [0.25, 0.3) is 5.91 Å². The minimum Gasteiger partial charge on any atom is -0.496 e. The predicted octanol–water partition coefficient (Wildman–Crippen LogP) is 3.54. The molecule has 0 bridgehead atoms. The largest absolute Gasteiger partial charge is 0.496 e. The van der Waals surface area contributed by atoms with E-state index in [0.29, 0.717) is 30.9 Å². The summed E-state index contributed by atoms with van der Waals surface area (Å²) in [5, 5.41) is 0. The summed E-state index contributed by atoms with van der Waals surface area (Å²) in [4.78, 5) is 28.5. The SMILES string of the molecule is COc1cc(Br)ccc1C(=O)N1CCN(C(=O)OC(C)(C)C)[C@H](C)C1. The maximum Gasteiger partial charge on any atom is 0.410 e. The smallest absolute Gasteiger partial charge is 0.410 e. The highest BCUT2D eigenvalue weighted by Gasteiger charge is 2.33. The lowest BCUT2D eigenvalue weighted by Gasteiger charge is -2.40. The third-order valence-electron chi connectivity index (χ3n) is 3.94. The van der Waals surface area contributed by atoms with Crippen LogP contribution in [0.1, 0.15) is 38.1 Å². The summed E-state index contributed by atoms with van der Waals surface area (Å²) >= 11 is 3.38. The van der Waals surface area contributed by atoms with Crippen LogP contribution in [0.5, 0.6) is 5.75 Å². The van der Waals surface area contributed by atoms with Gasteiger partial charge in [-0.15, -0.1) is 0 Å². The van der Waals surface area contributed by atoms with Crippen LogP contribution in [0.15, 0.2) is 22.7 Å². The number of ether oxygens (including phenoxy) is 2. The molecule has 0 aromatic heterocycles. The first kappa shape index (κ1) is 19.6. The molecule has 25 heavy (non-hydrogen) atoms. The highest BCUT2D eigenvalue weighted by molar-refractivity contribution is 9.10. The molecule has 1 fully saturated rings. The number of rotatable bonds is 2. The van der Waals surface area contributed by atoms with Gasteiger partial charge in [0.15, 0.2) is 0 Å². The third kappa shape index (κ3) is 4.87. The standard InChI is InChI=1S/C18H25BrN2O4/c1-12-11-20(8-9-21(12)17(23)25-18(2,3)4)16(22)14-7-6-13(19)10-15(14)24-5/h6-7,10,12H,8-9,11H2,1-5H3/t12-/m1/s1. The fraction of sp³-hybridized carbons (Fsp3) is 0.556. The van der Waals surface area contributed by atoms with E-state index in [1.807, 2.05) is 33.8 Å². The molecule has 1 saturated heterocycles. The summed E-state index contributed by atoms with van der Waals surface area (Å²) in [6.07, 6.45) is -0.340. The summed E-state index contributed by atoms with van der Waals surface area (Å²) in [6, 6.07) is 5.22. The Kier molecular flexibility index (Phi) is 5.98. The second-order valence-electron chi connectivity index (χ2n) is 7.12. The monoisotopic (exact) mass is 412 g/mol. The second-order valence-corrected chi connectivity index (χ2v) is 8.03. The molecule has 1 aliphatic heterocycles. The molecule has 0 saturated carbocycles. The van der Waals surface area contributed by atoms with Gasteiger partial charge in [-0.3, -0.25) is 4.79 Å². The van der Waals surface area contributed by atoms with Crippen LogP contribution in [0.4, 0.5) is 4.79 Å². The Balaban J connectivity index is 2.08. The molecule has 1 atom stereocenters. The number of benzene rings is 1. The number of piperazine rings is 1. The van der Waals surface area contributed by atoms with Gasteiger partial charge < -0.3 is 19.3 Å². The zero-order chi connectivity index (χ0) is 18.8. The number of hydrogen-bond acceptors (Lipinski definition) is 4. The number of methoxy groups -OCH3 is 1. The Labute approximate surface area is 157 Å². The van der Waals surface area contributed by atoms with Crippen LogP contribution in [0.25, 0.3) is 0 Å². The van der Waals surface area contributed by atoms with Gasteiger partial charge in [-0.2, -0.15) is 0 Å². The van der Waals surface area contributed by atoms with Crippen LogP contribution in [0.2, 0.25) is 0 Å². The third-order valence-corrected chi connectivity index (χ3v) is 4.43. The van der Waals surface area contributed by atoms with Crippen molar-refractivity contribution in [2.75, 3.05) is 26.7 Å². The maximum atomic E-state index is 12.8. The minimum atomic E-state index is -0.533. The number of nitrogens with zero attached hydrogens (tertiary/aromatic N) is 2. The minimum absolute atomic E-state index is 0.0972. The number of carbonyl (C=O) groups excluding carboxylic acids is 2. The van der Waals surface area contributed by atoms with Gasteiger partial charge in [-0.1, -0.05) is 15.9 Å². The molecule has 0 unspecified atom stereocenters. The fourth-order valence-corrected chi connectivity index (χ4v) is 3.09. The Morgan fingerprint density at radius 1 is 1.24 bits per heavy atom. The topological polar surface area (TPSA) is 59.1 Å². The summed E-state index contributed by atoms with van der Waals surface area (Å²) in [5.41, 5.74) is -0.0159. The lowest BCUT2D eigenvalue weighted by molar-refractivity contribution is 0.00193. The van der Waals surface area contributed by atoms with Gasteiger partial charge in [-0.05, 0) is 45.9 Å². The summed E-state index contributed by atoms with van der Waals surface area (Å²) in [7, 11) is 1.54. The van der Waals surface area contributed by atoms with Crippen LogP contribution in [0.3, 0.4) is 0 Å². The van der Waals surface area contributed by atoms with Crippen molar-refractivity contribution in [3.63, 3.8) is 0 Å². The van der Waals surface area contributed by atoms with E-state index in [0.717, 1.165) is 4.47 Å². The zero-order valence-corrected chi connectivity index (χ0v) is 16.9. The Hall–Kier alpha value is -1.76. The Morgan fingerprint density at radius 2 is 1.92 bits per heavy atom. The van der Waals surface area contributed by atoms with Crippen molar-refractivity contribution in [3.05, 3.63) is 28.2 Å². The molecule has 1 aliphatic rings. The van der Waals surface area contributed by atoms with Crippen molar-refractivity contribution in [2.24, 2.45) is 0 Å². The number of halogens is 1. The lowest BCUT2D eigenvalue weighted by Crippen LogP contribution is -2.56. The van der Waals surface area contributed by atoms with E-state index in [2.05, 4.69) is 15.9 Å². The molecule has 0 aliphatic carbocycles. The van der Waals surface area contributed by atoms with Gasteiger partial charge in [0, 0.05) is 30.1 Å². The first-order valence-corrected chi connectivity index (χ1v) is 9.04. The van der Waals surface area contributed by atoms with Gasteiger partial charge in [-0.25, -0.2) is 4.79 Å². The first-order chi connectivity index (χ1) is 11.6. The molecule has 7 heteroatoms. The predicted molar refractivity (Wildman–Crippen MR) is 99.0 cm³/mol. The zero-order valence-electron chi connectivity index (χ0n) is 15.3. The molecule has 1 heterocycles. The molecule has 2 rings (SSSR count). The maximum absolute atomic E-state index is 12.8. The Morgan fingerprint density at radius 3 is 2.48 bits per heavy atom. The molecule has 1 aromatic rings. The molecule has 0 radical (unpaired) electrons. The fourth-order valence-electron chi connectivity index (χ4n) is 2.75. The molecule has 6 nitrogen and oxygen atoms in total. The highest BCUT2D eigenvalue weighted by atomic mass is 79.9. The second kappa shape index (κ2) is 7.64. The van der Waals surface area contributed by atoms with Crippen molar-refractivity contribution < 1.29 is 19.1 Å². The number of amides is 2. The molecule has 2 amide bonds. The van der Waals surface area contributed by atoms with E-state index in [1.165, 1.54) is 0 Å². The molecule has 0 spiro atoms. The Bertz CT molecular complexity index is 657. The average molecular weight is 413 g/mol. The van der Waals surface area contributed by atoms with Crippen LogP contribution < -0.4 is 4.74 Å². The van der Waals surface area contributed by atoms with Crippen molar-refractivity contribution in [1.29, 1.82) is 0 Å². The summed E-state index contributed by atoms with van der Waals surface area (Å²) in [5.74, 6) is 0.432. The van der Waals surface area contributed by atoms with Gasteiger partial charge in [0.2, 0.25) is 0 Å². The number of hydrogen-bond donors (Lipinski definition) is 0. The van der Waals surface area contributed by atoms with Crippen molar-refractivity contribution >= 4 is 27.9 Å². The molecule has 138 valence electrons. The average Bonchev–Trinajstić information content (AvgIpc) is 2.52. The molecular weight excluding hydrogens is 388 g/mol. The van der Waals surface area contributed by atoms with Crippen molar-refractivity contribution in [3.8, 4) is 5.75 Å². The van der Waals surface area contributed by atoms with Crippen LogP contribution in [-0.4, -0.2) is 60.2 Å². The highest BCUT2D eigenvalue weighted by Crippen LogP contribution is 2.26. The van der Waals surface area contributed by atoms with Crippen molar-refractivity contribution in [2.45, 2.75) is 39.3 Å². The summed E-state index contributed by atoms with van der Waals surface area (Å²) < 4.78 is 11.6. The van der Waals surface area contributed by atoms with Crippen LogP contribution >= 0.6 is 15.9 Å². The first-order valence-electron chi connectivity index (χ1n) is 8.25. The van der Waals surface area contributed by atoms with E-state index in [-0.39, 0.29) is 18.0 Å². The normalized spacial score (nSPS) is 18.1. The van der Waals surface area contributed by atoms with Crippen LogP contribution in [-0.2, 0) is 4.74 Å². The van der Waals surface area contributed by atoms with E-state index in [9.17, 15) is 9.59 Å². The van der Waals surface area contributed by atoms with E-state index < -0.39 is 5.60 Å². The molecular formula is C18H25BrN2O4. The van der Waals surface area contributed by atoms with E-state index in [4.69, 9.17) is 9.47 Å². The molecule has 0 N–H and O–H groups in total. The molecule has 1 aromatic carbocycles. The summed E-state index contributed by atoms with van der Waals surface area (Å²) in [6.45, 7) is 8.81. The number of carbonyl (C=O) groups is 2. The van der Waals surface area contributed by atoms with Gasteiger partial charge in [0.1, 0.15) is 11.4 Å². The van der Waals surface area contributed by atoms with Crippen LogP contribution in [0, 0.1) is 0 Å².